The van der Waals surface area contributed by atoms with Gasteiger partial charge in [-0.1, -0.05) is 47.0 Å². The summed E-state index contributed by atoms with van der Waals surface area (Å²) in [5.74, 6) is 3.81. The smallest absolute Gasteiger partial charge is 0.0816 e. The third-order valence-corrected chi connectivity index (χ3v) is 5.25. The van der Waals surface area contributed by atoms with E-state index >= 15 is 0 Å². The van der Waals surface area contributed by atoms with Crippen LogP contribution in [-0.2, 0) is 0 Å². The Hall–Kier alpha value is -0.0400. The Labute approximate surface area is 116 Å². The fourth-order valence-electron chi connectivity index (χ4n) is 3.62. The number of hydrogen-bond acceptors (Lipinski definition) is 0. The van der Waals surface area contributed by atoms with Crippen LogP contribution in [0.25, 0.3) is 0 Å². The van der Waals surface area contributed by atoms with E-state index in [1.807, 2.05) is 0 Å². The van der Waals surface area contributed by atoms with E-state index in [9.17, 15) is 0 Å². The summed E-state index contributed by atoms with van der Waals surface area (Å²) < 4.78 is 1.26. The van der Waals surface area contributed by atoms with Crippen molar-refractivity contribution in [2.75, 3.05) is 27.2 Å². The highest BCUT2D eigenvalue weighted by atomic mass is 15.3. The molecule has 0 aromatic rings. The zero-order valence-electron chi connectivity index (χ0n) is 13.7. The molecule has 4 unspecified atom stereocenters. The quantitative estimate of drug-likeness (QED) is 0.584. The van der Waals surface area contributed by atoms with Gasteiger partial charge >= 0.3 is 0 Å². The normalized spacial score (nSPS) is 30.3. The molecule has 1 rings (SSSR count). The van der Waals surface area contributed by atoms with Crippen LogP contribution < -0.4 is 0 Å². The van der Waals surface area contributed by atoms with Crippen LogP contribution in [0.3, 0.4) is 0 Å². The summed E-state index contributed by atoms with van der Waals surface area (Å²) >= 11 is 0. The number of nitrogens with zero attached hydrogens (tertiary/aromatic N) is 1. The van der Waals surface area contributed by atoms with Gasteiger partial charge in [-0.15, -0.1) is 0 Å². The van der Waals surface area contributed by atoms with E-state index in [1.54, 1.807) is 0 Å². The van der Waals surface area contributed by atoms with Gasteiger partial charge in [0.25, 0.3) is 0 Å². The summed E-state index contributed by atoms with van der Waals surface area (Å²) in [5, 5.41) is 0. The van der Waals surface area contributed by atoms with Gasteiger partial charge in [-0.05, 0) is 24.7 Å². The zero-order chi connectivity index (χ0) is 13.8. The van der Waals surface area contributed by atoms with E-state index in [4.69, 9.17) is 0 Å². The molecule has 1 fully saturated rings. The maximum atomic E-state index is 2.43. The third-order valence-electron chi connectivity index (χ3n) is 5.25. The number of quaternary nitrogens is 1. The molecule has 1 aliphatic rings. The van der Waals surface area contributed by atoms with Crippen molar-refractivity contribution in [3.05, 3.63) is 0 Å². The molecule has 1 saturated heterocycles. The number of rotatable bonds is 7. The maximum absolute atomic E-state index is 2.43. The predicted molar refractivity (Wildman–Crippen MR) is 81.6 cm³/mol. The molecule has 0 bridgehead atoms. The van der Waals surface area contributed by atoms with Gasteiger partial charge in [0, 0.05) is 11.8 Å². The minimum absolute atomic E-state index is 0.916. The molecular weight excluding hydrogens is 218 g/mol. The first-order chi connectivity index (χ1) is 8.38. The Bertz CT molecular complexity index is 234. The summed E-state index contributed by atoms with van der Waals surface area (Å²) in [4.78, 5) is 0. The Morgan fingerprint density at radius 2 is 1.50 bits per heavy atom. The van der Waals surface area contributed by atoms with Gasteiger partial charge in [0.05, 0.1) is 27.2 Å². The minimum Gasteiger partial charge on any atom is -0.328 e. The molecule has 0 aromatic heterocycles. The highest BCUT2D eigenvalue weighted by Gasteiger charge is 2.39. The monoisotopic (exact) mass is 254 g/mol. The first-order valence-corrected chi connectivity index (χ1v) is 8.20. The van der Waals surface area contributed by atoms with Crippen molar-refractivity contribution in [3.8, 4) is 0 Å². The molecule has 0 saturated carbocycles. The van der Waals surface area contributed by atoms with Crippen molar-refractivity contribution in [3.63, 3.8) is 0 Å². The molecule has 0 radical (unpaired) electrons. The van der Waals surface area contributed by atoms with Gasteiger partial charge in [-0.3, -0.25) is 0 Å². The van der Waals surface area contributed by atoms with E-state index < -0.39 is 0 Å². The summed E-state index contributed by atoms with van der Waals surface area (Å²) in [6.45, 7) is 12.3. The highest BCUT2D eigenvalue weighted by molar-refractivity contribution is 4.78. The lowest BCUT2D eigenvalue weighted by atomic mass is 9.83. The Morgan fingerprint density at radius 1 is 0.944 bits per heavy atom. The molecule has 1 heterocycles. The first kappa shape index (κ1) is 16.0. The molecule has 0 N–H and O–H groups in total. The molecule has 0 amide bonds. The molecule has 0 aliphatic carbocycles. The minimum atomic E-state index is 0.916. The van der Waals surface area contributed by atoms with Gasteiger partial charge in [0.1, 0.15) is 0 Å². The summed E-state index contributed by atoms with van der Waals surface area (Å²) in [7, 11) is 4.85. The molecule has 1 heteroatoms. The second-order valence-electron chi connectivity index (χ2n) is 7.66. The van der Waals surface area contributed by atoms with Gasteiger partial charge in [0.2, 0.25) is 0 Å². The van der Waals surface area contributed by atoms with Crippen LogP contribution >= 0.6 is 0 Å². The third kappa shape index (κ3) is 4.91. The standard InChI is InChI=1S/C17H36N/c1-7-14(3)9-10-16-12-18(5,6)13-17(16)11-15(4)8-2/h14-17H,7-13H2,1-6H3/q+1. The zero-order valence-corrected chi connectivity index (χ0v) is 13.7. The van der Waals surface area contributed by atoms with Crippen LogP contribution in [0.1, 0.15) is 59.8 Å². The SMILES string of the molecule is CCC(C)CCC1C[N+](C)(C)CC1CC(C)CC. The van der Waals surface area contributed by atoms with E-state index in [0.717, 1.165) is 23.7 Å². The summed E-state index contributed by atoms with van der Waals surface area (Å²) in [6, 6.07) is 0. The molecular formula is C17H36N+. The summed E-state index contributed by atoms with van der Waals surface area (Å²) in [6.07, 6.45) is 7.07. The Kier molecular flexibility index (Phi) is 6.17. The lowest BCUT2D eigenvalue weighted by Gasteiger charge is -2.24. The number of hydrogen-bond donors (Lipinski definition) is 0. The van der Waals surface area contributed by atoms with Crippen molar-refractivity contribution in [2.24, 2.45) is 23.7 Å². The summed E-state index contributed by atoms with van der Waals surface area (Å²) in [5.41, 5.74) is 0. The maximum Gasteiger partial charge on any atom is 0.0816 e. The van der Waals surface area contributed by atoms with Gasteiger partial charge in [0.15, 0.2) is 0 Å². The van der Waals surface area contributed by atoms with Crippen molar-refractivity contribution in [1.29, 1.82) is 0 Å². The van der Waals surface area contributed by atoms with Crippen LogP contribution in [0.15, 0.2) is 0 Å². The predicted octanol–water partition coefficient (Wildman–Crippen LogP) is 4.57. The lowest BCUT2D eigenvalue weighted by molar-refractivity contribution is -0.880. The van der Waals surface area contributed by atoms with Crippen molar-refractivity contribution >= 4 is 0 Å². The van der Waals surface area contributed by atoms with E-state index in [-0.39, 0.29) is 0 Å². The fraction of sp³-hybridized carbons (Fsp3) is 1.00. The highest BCUT2D eigenvalue weighted by Crippen LogP contribution is 2.36. The largest absolute Gasteiger partial charge is 0.328 e. The number of likely N-dealkylation sites (tertiary alicyclic amines) is 1. The molecule has 18 heavy (non-hydrogen) atoms. The van der Waals surface area contributed by atoms with Crippen LogP contribution in [-0.4, -0.2) is 31.7 Å². The van der Waals surface area contributed by atoms with E-state index in [1.165, 1.54) is 49.7 Å². The second kappa shape index (κ2) is 6.93. The van der Waals surface area contributed by atoms with Crippen molar-refractivity contribution < 1.29 is 4.48 Å². The van der Waals surface area contributed by atoms with Gasteiger partial charge < -0.3 is 4.48 Å². The van der Waals surface area contributed by atoms with Crippen molar-refractivity contribution in [1.82, 2.24) is 0 Å². The van der Waals surface area contributed by atoms with Crippen LogP contribution in [0.5, 0.6) is 0 Å². The van der Waals surface area contributed by atoms with Crippen LogP contribution in [0.2, 0.25) is 0 Å². The van der Waals surface area contributed by atoms with E-state index in [0.29, 0.717) is 0 Å². The average molecular weight is 254 g/mol. The fourth-order valence-corrected chi connectivity index (χ4v) is 3.62. The van der Waals surface area contributed by atoms with Gasteiger partial charge in [-0.25, -0.2) is 0 Å². The average Bonchev–Trinajstić information content (AvgIpc) is 2.60. The molecule has 108 valence electrons. The first-order valence-electron chi connectivity index (χ1n) is 8.20. The van der Waals surface area contributed by atoms with E-state index in [2.05, 4.69) is 41.8 Å². The second-order valence-corrected chi connectivity index (χ2v) is 7.66. The molecule has 4 atom stereocenters. The van der Waals surface area contributed by atoms with Crippen molar-refractivity contribution in [2.45, 2.75) is 59.8 Å². The van der Waals surface area contributed by atoms with Gasteiger partial charge in [-0.2, -0.15) is 0 Å². The lowest BCUT2D eigenvalue weighted by Crippen LogP contribution is -2.37. The topological polar surface area (TPSA) is 0 Å². The molecule has 0 aromatic carbocycles. The molecule has 1 aliphatic heterocycles. The van der Waals surface area contributed by atoms with Crippen LogP contribution in [0, 0.1) is 23.7 Å². The Balaban J connectivity index is 2.50. The van der Waals surface area contributed by atoms with Crippen LogP contribution in [0.4, 0.5) is 0 Å². The Morgan fingerprint density at radius 3 is 2.06 bits per heavy atom. The molecule has 0 spiro atoms. The molecule has 1 nitrogen and oxygen atoms in total.